The molecule has 4 nitrogen and oxygen atoms in total. The molecule has 0 aliphatic carbocycles. The van der Waals surface area contributed by atoms with Crippen molar-refractivity contribution in [3.8, 4) is 6.07 Å². The number of carbonyl (C=O) groups is 1. The lowest BCUT2D eigenvalue weighted by Crippen LogP contribution is -2.40. The van der Waals surface area contributed by atoms with Gasteiger partial charge in [-0.15, -0.1) is 11.8 Å². The van der Waals surface area contributed by atoms with Crippen molar-refractivity contribution in [3.63, 3.8) is 0 Å². The molecule has 1 saturated heterocycles. The highest BCUT2D eigenvalue weighted by Crippen LogP contribution is 2.39. The zero-order chi connectivity index (χ0) is 15.4. The standard InChI is InChI=1S/C17H21N3OS/c18-7-10-20-8-5-13(6-9-20)11-19-17(21)15-12-22-16-4-2-1-3-14(15)16/h1-4,13,15H,5-6,8-12H2,(H,19,21)/t15-/m0/s1. The molecule has 3 rings (SSSR count). The first-order valence-electron chi connectivity index (χ1n) is 7.86. The lowest BCUT2D eigenvalue weighted by Gasteiger charge is -2.30. The number of nitriles is 1. The number of fused-ring (bicyclic) bond motifs is 1. The van der Waals surface area contributed by atoms with Gasteiger partial charge in [-0.3, -0.25) is 9.69 Å². The lowest BCUT2D eigenvalue weighted by atomic mass is 9.96. The second kappa shape index (κ2) is 7.17. The predicted molar refractivity (Wildman–Crippen MR) is 87.7 cm³/mol. The monoisotopic (exact) mass is 315 g/mol. The van der Waals surface area contributed by atoms with Crippen molar-refractivity contribution in [3.05, 3.63) is 29.8 Å². The second-order valence-corrected chi connectivity index (χ2v) is 7.09. The van der Waals surface area contributed by atoms with Crippen molar-refractivity contribution in [2.75, 3.05) is 31.9 Å². The van der Waals surface area contributed by atoms with E-state index in [9.17, 15) is 4.79 Å². The molecule has 1 amide bonds. The SMILES string of the molecule is N#CCN1CCC(CNC(=O)[C@H]2CSc3ccccc32)CC1. The number of likely N-dealkylation sites (tertiary alicyclic amines) is 1. The lowest BCUT2D eigenvalue weighted by molar-refractivity contribution is -0.122. The Hall–Kier alpha value is -1.51. The van der Waals surface area contributed by atoms with Crippen LogP contribution in [0.5, 0.6) is 0 Å². The third-order valence-electron chi connectivity index (χ3n) is 4.58. The van der Waals surface area contributed by atoms with Crippen molar-refractivity contribution in [1.29, 1.82) is 5.26 Å². The normalized spacial score (nSPS) is 22.0. The molecule has 0 saturated carbocycles. The summed E-state index contributed by atoms with van der Waals surface area (Å²) in [5.41, 5.74) is 1.17. The summed E-state index contributed by atoms with van der Waals surface area (Å²) in [5, 5.41) is 11.9. The van der Waals surface area contributed by atoms with Crippen LogP contribution in [0.1, 0.15) is 24.3 Å². The van der Waals surface area contributed by atoms with Crippen LogP contribution in [0, 0.1) is 17.2 Å². The Morgan fingerprint density at radius 3 is 2.91 bits per heavy atom. The molecule has 22 heavy (non-hydrogen) atoms. The highest BCUT2D eigenvalue weighted by molar-refractivity contribution is 7.99. The third kappa shape index (κ3) is 3.45. The minimum Gasteiger partial charge on any atom is -0.355 e. The minimum absolute atomic E-state index is 0.000113. The average molecular weight is 315 g/mol. The van der Waals surface area contributed by atoms with E-state index in [1.165, 1.54) is 10.5 Å². The Bertz CT molecular complexity index is 576. The number of nitrogens with one attached hydrogen (secondary N) is 1. The fourth-order valence-electron chi connectivity index (χ4n) is 3.20. The molecular formula is C17H21N3OS. The third-order valence-corrected chi connectivity index (χ3v) is 5.77. The first kappa shape index (κ1) is 15.4. The summed E-state index contributed by atoms with van der Waals surface area (Å²) in [4.78, 5) is 15.9. The van der Waals surface area contributed by atoms with E-state index >= 15 is 0 Å². The summed E-state index contributed by atoms with van der Waals surface area (Å²) in [6.45, 7) is 3.23. The van der Waals surface area contributed by atoms with Crippen molar-refractivity contribution < 1.29 is 4.79 Å². The van der Waals surface area contributed by atoms with Crippen LogP contribution in [0.3, 0.4) is 0 Å². The Morgan fingerprint density at radius 1 is 1.36 bits per heavy atom. The van der Waals surface area contributed by atoms with Crippen molar-refractivity contribution in [2.45, 2.75) is 23.7 Å². The number of nitrogens with zero attached hydrogens (tertiary/aromatic N) is 2. The molecule has 1 atom stereocenters. The van der Waals surface area contributed by atoms with Crippen LogP contribution in [-0.2, 0) is 4.79 Å². The van der Waals surface area contributed by atoms with Gasteiger partial charge in [0.2, 0.25) is 5.91 Å². The van der Waals surface area contributed by atoms with E-state index in [-0.39, 0.29) is 11.8 Å². The maximum Gasteiger partial charge on any atom is 0.228 e. The number of piperidine rings is 1. The summed E-state index contributed by atoms with van der Waals surface area (Å²) in [6, 6.07) is 10.4. The van der Waals surface area contributed by atoms with Crippen molar-refractivity contribution in [1.82, 2.24) is 10.2 Å². The van der Waals surface area contributed by atoms with Gasteiger partial charge in [0.25, 0.3) is 0 Å². The summed E-state index contributed by atoms with van der Waals surface area (Å²) in [5.74, 6) is 1.56. The average Bonchev–Trinajstić information content (AvgIpc) is 2.98. The van der Waals surface area contributed by atoms with Crippen LogP contribution in [0.25, 0.3) is 0 Å². The van der Waals surface area contributed by atoms with Crippen LogP contribution < -0.4 is 5.32 Å². The fourth-order valence-corrected chi connectivity index (χ4v) is 4.43. The highest BCUT2D eigenvalue weighted by Gasteiger charge is 2.29. The van der Waals surface area contributed by atoms with Crippen molar-refractivity contribution in [2.24, 2.45) is 5.92 Å². The molecule has 1 aromatic carbocycles. The molecule has 1 N–H and O–H groups in total. The van der Waals surface area contributed by atoms with E-state index in [1.807, 2.05) is 12.1 Å². The van der Waals surface area contributed by atoms with Gasteiger partial charge >= 0.3 is 0 Å². The van der Waals surface area contributed by atoms with Gasteiger partial charge in [0.05, 0.1) is 18.5 Å². The van der Waals surface area contributed by atoms with Gasteiger partial charge in [-0.05, 0) is 43.5 Å². The Kier molecular flexibility index (Phi) is 5.01. The molecule has 2 heterocycles. The van der Waals surface area contributed by atoms with Crippen molar-refractivity contribution >= 4 is 17.7 Å². The van der Waals surface area contributed by atoms with Crippen LogP contribution in [0.2, 0.25) is 0 Å². The first-order chi connectivity index (χ1) is 10.8. The molecule has 0 radical (unpaired) electrons. The minimum atomic E-state index is -0.000113. The molecule has 0 unspecified atom stereocenters. The predicted octanol–water partition coefficient (Wildman–Crippen LogP) is 2.23. The van der Waals surface area contributed by atoms with E-state index in [2.05, 4.69) is 28.4 Å². The number of amides is 1. The van der Waals surface area contributed by atoms with Crippen LogP contribution >= 0.6 is 11.8 Å². The largest absolute Gasteiger partial charge is 0.355 e. The van der Waals surface area contributed by atoms with E-state index in [0.717, 1.165) is 38.2 Å². The van der Waals surface area contributed by atoms with E-state index < -0.39 is 0 Å². The number of hydrogen-bond donors (Lipinski definition) is 1. The maximum atomic E-state index is 12.4. The summed E-state index contributed by atoms with van der Waals surface area (Å²) >= 11 is 1.77. The van der Waals surface area contributed by atoms with E-state index in [1.54, 1.807) is 11.8 Å². The number of thioether (sulfide) groups is 1. The summed E-state index contributed by atoms with van der Waals surface area (Å²) in [6.07, 6.45) is 2.13. The molecule has 1 aromatic rings. The molecule has 116 valence electrons. The fraction of sp³-hybridized carbons (Fsp3) is 0.529. The number of rotatable bonds is 4. The molecular weight excluding hydrogens is 294 g/mol. The zero-order valence-electron chi connectivity index (χ0n) is 12.6. The molecule has 2 aliphatic rings. The molecule has 5 heteroatoms. The molecule has 2 aliphatic heterocycles. The highest BCUT2D eigenvalue weighted by atomic mass is 32.2. The Labute approximate surface area is 135 Å². The van der Waals surface area contributed by atoms with Gasteiger partial charge < -0.3 is 5.32 Å². The van der Waals surface area contributed by atoms with Gasteiger partial charge in [0.1, 0.15) is 0 Å². The van der Waals surface area contributed by atoms with E-state index in [0.29, 0.717) is 12.5 Å². The number of carbonyl (C=O) groups excluding carboxylic acids is 1. The number of hydrogen-bond acceptors (Lipinski definition) is 4. The molecule has 1 fully saturated rings. The molecule has 0 bridgehead atoms. The Morgan fingerprint density at radius 2 is 2.14 bits per heavy atom. The van der Waals surface area contributed by atoms with Gasteiger partial charge in [-0.2, -0.15) is 5.26 Å². The molecule has 0 aromatic heterocycles. The Balaban J connectivity index is 1.47. The quantitative estimate of drug-likeness (QED) is 0.866. The second-order valence-electron chi connectivity index (χ2n) is 6.02. The maximum absolute atomic E-state index is 12.4. The first-order valence-corrected chi connectivity index (χ1v) is 8.85. The smallest absolute Gasteiger partial charge is 0.228 e. The number of benzene rings is 1. The van der Waals surface area contributed by atoms with Gasteiger partial charge in [0.15, 0.2) is 0 Å². The van der Waals surface area contributed by atoms with Gasteiger partial charge in [0, 0.05) is 17.2 Å². The summed E-state index contributed by atoms with van der Waals surface area (Å²) < 4.78 is 0. The van der Waals surface area contributed by atoms with Crippen LogP contribution in [-0.4, -0.2) is 42.7 Å². The topological polar surface area (TPSA) is 56.1 Å². The zero-order valence-corrected chi connectivity index (χ0v) is 13.4. The van der Waals surface area contributed by atoms with Gasteiger partial charge in [-0.1, -0.05) is 18.2 Å². The van der Waals surface area contributed by atoms with E-state index in [4.69, 9.17) is 5.26 Å². The van der Waals surface area contributed by atoms with Crippen LogP contribution in [0.4, 0.5) is 0 Å². The molecule has 0 spiro atoms. The van der Waals surface area contributed by atoms with Crippen LogP contribution in [0.15, 0.2) is 29.2 Å². The van der Waals surface area contributed by atoms with Gasteiger partial charge in [-0.25, -0.2) is 0 Å². The summed E-state index contributed by atoms with van der Waals surface area (Å²) in [7, 11) is 0.